The zero-order chi connectivity index (χ0) is 16.5. The maximum absolute atomic E-state index is 12.0. The van der Waals surface area contributed by atoms with E-state index >= 15 is 0 Å². The molecule has 0 spiro atoms. The standard InChI is InChI=1S/C15H22N2O4S/c1-11(2)10-21-8-4-7-16-15(18)12-5-6-14(22-3)13(9-12)17(19)20/h5-6,9,11H,4,7-8,10H2,1-3H3,(H,16,18). The number of thioether (sulfide) groups is 1. The van der Waals surface area contributed by atoms with Crippen molar-refractivity contribution in [3.8, 4) is 0 Å². The van der Waals surface area contributed by atoms with Gasteiger partial charge in [-0.15, -0.1) is 11.8 Å². The molecule has 1 aromatic rings. The van der Waals surface area contributed by atoms with Gasteiger partial charge in [-0.1, -0.05) is 13.8 Å². The van der Waals surface area contributed by atoms with Crippen LogP contribution in [-0.4, -0.2) is 36.8 Å². The summed E-state index contributed by atoms with van der Waals surface area (Å²) < 4.78 is 5.42. The van der Waals surface area contributed by atoms with Gasteiger partial charge in [-0.2, -0.15) is 0 Å². The maximum atomic E-state index is 12.0. The van der Waals surface area contributed by atoms with Gasteiger partial charge < -0.3 is 10.1 Å². The van der Waals surface area contributed by atoms with E-state index in [1.54, 1.807) is 18.4 Å². The molecule has 1 aromatic carbocycles. The van der Waals surface area contributed by atoms with Crippen molar-refractivity contribution in [3.63, 3.8) is 0 Å². The Hall–Kier alpha value is -1.60. The maximum Gasteiger partial charge on any atom is 0.283 e. The van der Waals surface area contributed by atoms with Crippen LogP contribution in [0, 0.1) is 16.0 Å². The van der Waals surface area contributed by atoms with E-state index in [-0.39, 0.29) is 11.6 Å². The van der Waals surface area contributed by atoms with Crippen LogP contribution >= 0.6 is 11.8 Å². The first kappa shape index (κ1) is 18.4. The SMILES string of the molecule is CSc1ccc(C(=O)NCCCOCC(C)C)cc1[N+](=O)[O-]. The van der Waals surface area contributed by atoms with Gasteiger partial charge in [0, 0.05) is 31.4 Å². The Kier molecular flexibility index (Phi) is 7.90. The van der Waals surface area contributed by atoms with Crippen molar-refractivity contribution in [1.82, 2.24) is 5.32 Å². The number of nitrogens with zero attached hydrogens (tertiary/aromatic N) is 1. The van der Waals surface area contributed by atoms with Gasteiger partial charge in [0.2, 0.25) is 0 Å². The zero-order valence-electron chi connectivity index (χ0n) is 13.1. The summed E-state index contributed by atoms with van der Waals surface area (Å²) in [5.74, 6) is 0.185. The lowest BCUT2D eigenvalue weighted by Crippen LogP contribution is -2.25. The molecule has 0 aromatic heterocycles. The van der Waals surface area contributed by atoms with Gasteiger partial charge in [0.15, 0.2) is 0 Å². The van der Waals surface area contributed by atoms with Crippen molar-refractivity contribution in [2.24, 2.45) is 5.92 Å². The molecule has 0 atom stereocenters. The van der Waals surface area contributed by atoms with Gasteiger partial charge in [-0.3, -0.25) is 14.9 Å². The van der Waals surface area contributed by atoms with Crippen molar-refractivity contribution in [1.29, 1.82) is 0 Å². The van der Waals surface area contributed by atoms with E-state index in [1.165, 1.54) is 17.8 Å². The number of carbonyl (C=O) groups excluding carboxylic acids is 1. The topological polar surface area (TPSA) is 81.5 Å². The van der Waals surface area contributed by atoms with E-state index in [9.17, 15) is 14.9 Å². The predicted molar refractivity (Wildman–Crippen MR) is 87.5 cm³/mol. The van der Waals surface area contributed by atoms with E-state index in [2.05, 4.69) is 19.2 Å². The van der Waals surface area contributed by atoms with Crippen molar-refractivity contribution in [3.05, 3.63) is 33.9 Å². The summed E-state index contributed by atoms with van der Waals surface area (Å²) in [6.45, 7) is 5.93. The first-order valence-electron chi connectivity index (χ1n) is 7.14. The Bertz CT molecular complexity index is 520. The highest BCUT2D eigenvalue weighted by molar-refractivity contribution is 7.98. The Morgan fingerprint density at radius 2 is 2.18 bits per heavy atom. The molecular formula is C15H22N2O4S. The monoisotopic (exact) mass is 326 g/mol. The summed E-state index contributed by atoms with van der Waals surface area (Å²) >= 11 is 1.28. The fourth-order valence-corrected chi connectivity index (χ4v) is 2.32. The smallest absolute Gasteiger partial charge is 0.283 e. The lowest BCUT2D eigenvalue weighted by atomic mass is 10.2. The summed E-state index contributed by atoms with van der Waals surface area (Å²) in [5.41, 5.74) is 0.257. The molecule has 22 heavy (non-hydrogen) atoms. The predicted octanol–water partition coefficient (Wildman–Crippen LogP) is 3.11. The van der Waals surface area contributed by atoms with E-state index in [1.807, 2.05) is 0 Å². The molecule has 0 bridgehead atoms. The first-order chi connectivity index (χ1) is 10.5. The molecule has 122 valence electrons. The van der Waals surface area contributed by atoms with Crippen LogP contribution in [0.4, 0.5) is 5.69 Å². The van der Waals surface area contributed by atoms with E-state index < -0.39 is 4.92 Å². The number of nitrogens with one attached hydrogen (secondary N) is 1. The highest BCUT2D eigenvalue weighted by Gasteiger charge is 2.16. The van der Waals surface area contributed by atoms with E-state index in [4.69, 9.17) is 4.74 Å². The number of nitro benzene ring substituents is 1. The lowest BCUT2D eigenvalue weighted by molar-refractivity contribution is -0.387. The quantitative estimate of drug-likeness (QED) is 0.326. The molecule has 7 heteroatoms. The van der Waals surface area contributed by atoms with Crippen LogP contribution in [0.5, 0.6) is 0 Å². The Labute approximate surface area is 134 Å². The summed E-state index contributed by atoms with van der Waals surface area (Å²) in [4.78, 5) is 23.0. The number of ether oxygens (including phenoxy) is 1. The first-order valence-corrected chi connectivity index (χ1v) is 8.36. The van der Waals surface area contributed by atoms with Crippen LogP contribution in [0.2, 0.25) is 0 Å². The van der Waals surface area contributed by atoms with Crippen LogP contribution in [-0.2, 0) is 4.74 Å². The minimum Gasteiger partial charge on any atom is -0.381 e. The molecule has 0 radical (unpaired) electrons. The number of nitro groups is 1. The molecule has 0 saturated carbocycles. The van der Waals surface area contributed by atoms with Gasteiger partial charge in [0.25, 0.3) is 11.6 Å². The third-order valence-corrected chi connectivity index (χ3v) is 3.62. The van der Waals surface area contributed by atoms with Crippen molar-refractivity contribution in [2.75, 3.05) is 26.0 Å². The summed E-state index contributed by atoms with van der Waals surface area (Å²) in [6, 6.07) is 4.52. The van der Waals surface area contributed by atoms with Crippen LogP contribution in [0.3, 0.4) is 0 Å². The van der Waals surface area contributed by atoms with Gasteiger partial charge in [0.1, 0.15) is 0 Å². The van der Waals surface area contributed by atoms with Crippen molar-refractivity contribution in [2.45, 2.75) is 25.2 Å². The number of rotatable bonds is 9. The molecule has 0 fully saturated rings. The summed E-state index contributed by atoms with van der Waals surface area (Å²) in [7, 11) is 0. The highest BCUT2D eigenvalue weighted by Crippen LogP contribution is 2.28. The number of hydrogen-bond donors (Lipinski definition) is 1. The number of benzene rings is 1. The largest absolute Gasteiger partial charge is 0.381 e. The Balaban J connectivity index is 2.49. The molecule has 0 aliphatic carbocycles. The average Bonchev–Trinajstić information content (AvgIpc) is 2.49. The number of amides is 1. The zero-order valence-corrected chi connectivity index (χ0v) is 13.9. The second-order valence-corrected chi connectivity index (χ2v) is 6.07. The molecule has 0 heterocycles. The molecule has 0 unspecified atom stereocenters. The van der Waals surface area contributed by atoms with Crippen LogP contribution in [0.15, 0.2) is 23.1 Å². The molecule has 0 aliphatic rings. The summed E-state index contributed by atoms with van der Waals surface area (Å²) in [5, 5.41) is 13.7. The Morgan fingerprint density at radius 3 is 2.77 bits per heavy atom. The van der Waals surface area contributed by atoms with Crippen LogP contribution in [0.25, 0.3) is 0 Å². The van der Waals surface area contributed by atoms with Crippen LogP contribution < -0.4 is 5.32 Å². The van der Waals surface area contributed by atoms with E-state index in [0.29, 0.717) is 42.6 Å². The third kappa shape index (κ3) is 6.03. The van der Waals surface area contributed by atoms with Gasteiger partial charge in [-0.25, -0.2) is 0 Å². The minimum absolute atomic E-state index is 0.0413. The lowest BCUT2D eigenvalue weighted by Gasteiger charge is -2.08. The number of carbonyl (C=O) groups is 1. The normalized spacial score (nSPS) is 10.7. The highest BCUT2D eigenvalue weighted by atomic mass is 32.2. The molecule has 0 saturated heterocycles. The van der Waals surface area contributed by atoms with Crippen molar-refractivity contribution < 1.29 is 14.5 Å². The molecule has 1 rings (SSSR count). The molecule has 0 aliphatic heterocycles. The minimum atomic E-state index is -0.470. The van der Waals surface area contributed by atoms with Crippen LogP contribution in [0.1, 0.15) is 30.6 Å². The molecule has 1 amide bonds. The fourth-order valence-electron chi connectivity index (χ4n) is 1.77. The second kappa shape index (κ2) is 9.42. The summed E-state index contributed by atoms with van der Waals surface area (Å²) in [6.07, 6.45) is 2.47. The van der Waals surface area contributed by atoms with Gasteiger partial charge >= 0.3 is 0 Å². The molecular weight excluding hydrogens is 304 g/mol. The third-order valence-electron chi connectivity index (χ3n) is 2.84. The van der Waals surface area contributed by atoms with E-state index in [0.717, 1.165) is 0 Å². The van der Waals surface area contributed by atoms with Gasteiger partial charge in [-0.05, 0) is 30.7 Å². The molecule has 6 nitrogen and oxygen atoms in total. The second-order valence-electron chi connectivity index (χ2n) is 5.22. The molecule has 1 N–H and O–H groups in total. The van der Waals surface area contributed by atoms with Crippen molar-refractivity contribution >= 4 is 23.4 Å². The Morgan fingerprint density at radius 1 is 1.45 bits per heavy atom. The fraction of sp³-hybridized carbons (Fsp3) is 0.533. The number of hydrogen-bond acceptors (Lipinski definition) is 5. The average molecular weight is 326 g/mol. The van der Waals surface area contributed by atoms with Gasteiger partial charge in [0.05, 0.1) is 9.82 Å².